The van der Waals surface area contributed by atoms with Gasteiger partial charge in [0.25, 0.3) is 0 Å². The third kappa shape index (κ3) is 2.39. The molecule has 0 aliphatic rings. The summed E-state index contributed by atoms with van der Waals surface area (Å²) in [5.41, 5.74) is 4.06. The Kier molecular flexibility index (Phi) is 3.34. The minimum Gasteiger partial charge on any atom is -0.335 e. The fourth-order valence-corrected chi connectivity index (χ4v) is 6.15. The lowest BCUT2D eigenvalue weighted by molar-refractivity contribution is 1.22. The number of para-hydroxylation sites is 2. The second kappa shape index (κ2) is 5.88. The standard InChI is InChI=1S/C20H12N4S3/c1-2-6-12-11(5-1)21-19(22-12)20-23-15-16(24-20)18(14-8-4-10-26-14)27-17(15)13-7-3-9-25-13/h1-10H,(H,21,22)(H,23,24). The number of H-pyrrole nitrogens is 2. The largest absolute Gasteiger partial charge is 0.335 e. The first-order chi connectivity index (χ1) is 13.4. The van der Waals surface area contributed by atoms with Gasteiger partial charge in [0.2, 0.25) is 0 Å². The van der Waals surface area contributed by atoms with Gasteiger partial charge in [0, 0.05) is 9.75 Å². The van der Waals surface area contributed by atoms with E-state index in [4.69, 9.17) is 9.97 Å². The number of aromatic nitrogens is 4. The van der Waals surface area contributed by atoms with Crippen LogP contribution in [0.3, 0.4) is 0 Å². The topological polar surface area (TPSA) is 57.4 Å². The molecule has 6 rings (SSSR count). The van der Waals surface area contributed by atoms with Gasteiger partial charge in [0.05, 0.1) is 26.3 Å². The van der Waals surface area contributed by atoms with E-state index in [0.29, 0.717) is 0 Å². The van der Waals surface area contributed by atoms with E-state index in [2.05, 4.69) is 45.0 Å². The van der Waals surface area contributed by atoms with Crippen molar-refractivity contribution in [1.29, 1.82) is 0 Å². The zero-order chi connectivity index (χ0) is 17.8. The first-order valence-corrected chi connectivity index (χ1v) is 11.0. The Morgan fingerprint density at radius 1 is 0.704 bits per heavy atom. The van der Waals surface area contributed by atoms with E-state index in [1.807, 2.05) is 24.3 Å². The number of fused-ring (bicyclic) bond motifs is 2. The fraction of sp³-hybridized carbons (Fsp3) is 0. The van der Waals surface area contributed by atoms with E-state index >= 15 is 0 Å². The van der Waals surface area contributed by atoms with Gasteiger partial charge in [0.15, 0.2) is 11.6 Å². The maximum atomic E-state index is 4.94. The van der Waals surface area contributed by atoms with Crippen molar-refractivity contribution in [1.82, 2.24) is 19.9 Å². The van der Waals surface area contributed by atoms with Gasteiger partial charge in [-0.3, -0.25) is 0 Å². The normalized spacial score (nSPS) is 11.7. The molecule has 0 spiro atoms. The molecular formula is C20H12N4S3. The molecule has 0 bridgehead atoms. The molecule has 0 aliphatic carbocycles. The molecule has 1 aromatic carbocycles. The quantitative estimate of drug-likeness (QED) is 0.348. The van der Waals surface area contributed by atoms with Gasteiger partial charge in [0.1, 0.15) is 5.52 Å². The summed E-state index contributed by atoms with van der Waals surface area (Å²) in [5, 5.41) is 4.22. The molecule has 7 heteroatoms. The Morgan fingerprint density at radius 2 is 1.44 bits per heavy atom. The summed E-state index contributed by atoms with van der Waals surface area (Å²) in [6.45, 7) is 0. The molecule has 6 aromatic rings. The second-order valence-corrected chi connectivity index (χ2v) is 9.04. The van der Waals surface area contributed by atoms with Gasteiger partial charge in [-0.15, -0.1) is 34.0 Å². The molecule has 0 amide bonds. The summed E-state index contributed by atoms with van der Waals surface area (Å²) in [7, 11) is 0. The Labute approximate surface area is 166 Å². The minimum atomic E-state index is 0.770. The highest BCUT2D eigenvalue weighted by Gasteiger charge is 2.21. The second-order valence-electron chi connectivity index (χ2n) is 6.13. The van der Waals surface area contributed by atoms with Gasteiger partial charge in [-0.2, -0.15) is 0 Å². The van der Waals surface area contributed by atoms with Crippen LogP contribution in [0.4, 0.5) is 0 Å². The Bertz CT molecular complexity index is 1270. The highest BCUT2D eigenvalue weighted by atomic mass is 32.1. The predicted molar refractivity (Wildman–Crippen MR) is 116 cm³/mol. The molecule has 5 heterocycles. The van der Waals surface area contributed by atoms with Gasteiger partial charge >= 0.3 is 0 Å². The van der Waals surface area contributed by atoms with Crippen molar-refractivity contribution in [2.24, 2.45) is 0 Å². The highest BCUT2D eigenvalue weighted by molar-refractivity contribution is 7.27. The molecule has 0 radical (unpaired) electrons. The van der Waals surface area contributed by atoms with E-state index in [1.54, 1.807) is 34.0 Å². The van der Waals surface area contributed by atoms with Crippen molar-refractivity contribution < 1.29 is 0 Å². The number of thiophene rings is 3. The van der Waals surface area contributed by atoms with E-state index in [-0.39, 0.29) is 0 Å². The lowest BCUT2D eigenvalue weighted by Gasteiger charge is -1.93. The number of hydrogen-bond donors (Lipinski definition) is 2. The third-order valence-corrected chi connectivity index (χ3v) is 7.73. The summed E-state index contributed by atoms with van der Waals surface area (Å²) >= 11 is 5.30. The van der Waals surface area contributed by atoms with Crippen LogP contribution in [0.25, 0.3) is 53.2 Å². The molecule has 0 atom stereocenters. The van der Waals surface area contributed by atoms with Crippen molar-refractivity contribution in [3.8, 4) is 31.2 Å². The molecule has 2 N–H and O–H groups in total. The number of hydrogen-bond acceptors (Lipinski definition) is 5. The van der Waals surface area contributed by atoms with Crippen LogP contribution in [-0.4, -0.2) is 19.9 Å². The van der Waals surface area contributed by atoms with E-state index in [9.17, 15) is 0 Å². The fourth-order valence-electron chi connectivity index (χ4n) is 3.24. The van der Waals surface area contributed by atoms with Gasteiger partial charge in [-0.05, 0) is 35.0 Å². The molecule has 0 fully saturated rings. The van der Waals surface area contributed by atoms with Crippen LogP contribution in [0.15, 0.2) is 59.3 Å². The van der Waals surface area contributed by atoms with Crippen molar-refractivity contribution in [2.75, 3.05) is 0 Å². The highest BCUT2D eigenvalue weighted by Crippen LogP contribution is 2.46. The third-order valence-electron chi connectivity index (χ3n) is 4.45. The van der Waals surface area contributed by atoms with E-state index < -0.39 is 0 Å². The molecule has 0 aliphatic heterocycles. The van der Waals surface area contributed by atoms with Crippen molar-refractivity contribution in [3.63, 3.8) is 0 Å². The maximum absolute atomic E-state index is 4.94. The molecule has 27 heavy (non-hydrogen) atoms. The van der Waals surface area contributed by atoms with Crippen molar-refractivity contribution >= 4 is 56.1 Å². The number of aromatic amines is 2. The first-order valence-electron chi connectivity index (χ1n) is 8.42. The zero-order valence-corrected chi connectivity index (χ0v) is 16.3. The molecule has 0 unspecified atom stereocenters. The molecular weight excluding hydrogens is 392 g/mol. The minimum absolute atomic E-state index is 0.770. The lowest BCUT2D eigenvalue weighted by atomic mass is 10.3. The van der Waals surface area contributed by atoms with Crippen LogP contribution >= 0.6 is 34.0 Å². The molecule has 130 valence electrons. The molecule has 5 aromatic heterocycles. The summed E-state index contributed by atoms with van der Waals surface area (Å²) in [4.78, 5) is 21.5. The number of rotatable bonds is 3. The zero-order valence-electron chi connectivity index (χ0n) is 13.9. The number of benzene rings is 1. The summed E-state index contributed by atoms with van der Waals surface area (Å²) in [6, 6.07) is 16.5. The van der Waals surface area contributed by atoms with Crippen molar-refractivity contribution in [3.05, 3.63) is 59.3 Å². The van der Waals surface area contributed by atoms with Crippen molar-refractivity contribution in [2.45, 2.75) is 0 Å². The Hall–Kier alpha value is -2.74. The first kappa shape index (κ1) is 15.3. The Morgan fingerprint density at radius 3 is 2.19 bits per heavy atom. The van der Waals surface area contributed by atoms with Crippen LogP contribution in [0, 0.1) is 0 Å². The van der Waals surface area contributed by atoms with Gasteiger partial charge < -0.3 is 9.97 Å². The van der Waals surface area contributed by atoms with Crippen LogP contribution in [0.1, 0.15) is 0 Å². The monoisotopic (exact) mass is 404 g/mol. The van der Waals surface area contributed by atoms with Crippen LogP contribution in [0.2, 0.25) is 0 Å². The van der Waals surface area contributed by atoms with Crippen LogP contribution in [0.5, 0.6) is 0 Å². The molecule has 0 saturated carbocycles. The van der Waals surface area contributed by atoms with Crippen LogP contribution < -0.4 is 0 Å². The van der Waals surface area contributed by atoms with E-state index in [1.165, 1.54) is 19.5 Å². The summed E-state index contributed by atoms with van der Waals surface area (Å²) in [6.07, 6.45) is 0. The van der Waals surface area contributed by atoms with E-state index in [0.717, 1.165) is 33.7 Å². The van der Waals surface area contributed by atoms with Gasteiger partial charge in [-0.1, -0.05) is 24.3 Å². The van der Waals surface area contributed by atoms with Crippen LogP contribution in [-0.2, 0) is 0 Å². The average Bonchev–Trinajstić information content (AvgIpc) is 3.50. The number of nitrogens with one attached hydrogen (secondary N) is 2. The lowest BCUT2D eigenvalue weighted by Crippen LogP contribution is -1.82. The Balaban J connectivity index is 1.61. The predicted octanol–water partition coefficient (Wildman–Crippen LogP) is 6.62. The SMILES string of the molecule is c1csc(-c2sc(-c3cccs3)c3[nH]c(-c4nc5ccccc5[nH]4)nc23)c1. The average molecular weight is 405 g/mol. The molecule has 0 saturated heterocycles. The summed E-state index contributed by atoms with van der Waals surface area (Å²) < 4.78 is 0. The smallest absolute Gasteiger partial charge is 0.174 e. The summed E-state index contributed by atoms with van der Waals surface area (Å²) in [5.74, 6) is 1.55. The number of nitrogens with zero attached hydrogens (tertiary/aromatic N) is 2. The maximum Gasteiger partial charge on any atom is 0.174 e. The molecule has 4 nitrogen and oxygen atoms in total. The van der Waals surface area contributed by atoms with Gasteiger partial charge in [-0.25, -0.2) is 9.97 Å². The number of imidazole rings is 2.